The normalized spacial score (nSPS) is 12.3. The van der Waals surface area contributed by atoms with Crippen molar-refractivity contribution in [2.45, 2.75) is 64.3 Å². The molecule has 0 aliphatic heterocycles. The van der Waals surface area contributed by atoms with Gasteiger partial charge >= 0.3 is 0 Å². The molecule has 2 aromatic heterocycles. The first kappa shape index (κ1) is 26.1. The third-order valence-corrected chi connectivity index (χ3v) is 5.89. The van der Waals surface area contributed by atoms with E-state index in [4.69, 9.17) is 15.9 Å². The maximum Gasteiger partial charge on any atom is 0.242 e. The van der Waals surface area contributed by atoms with Gasteiger partial charge < -0.3 is 16.2 Å². The average molecular weight is 478 g/mol. The quantitative estimate of drug-likeness (QED) is 0.366. The van der Waals surface area contributed by atoms with Gasteiger partial charge in [0.05, 0.1) is 18.0 Å². The molecule has 2 amide bonds. The molecule has 186 valence electrons. The summed E-state index contributed by atoms with van der Waals surface area (Å²) in [4.78, 5) is 27.6. The van der Waals surface area contributed by atoms with Crippen molar-refractivity contribution < 1.29 is 14.7 Å². The van der Waals surface area contributed by atoms with E-state index in [0.29, 0.717) is 6.42 Å². The lowest BCUT2D eigenvalue weighted by molar-refractivity contribution is -0.128. The Bertz CT molecular complexity index is 1120. The second-order valence-corrected chi connectivity index (χ2v) is 9.71. The van der Waals surface area contributed by atoms with E-state index in [1.54, 1.807) is 6.20 Å². The summed E-state index contributed by atoms with van der Waals surface area (Å²) in [6.07, 6.45) is 5.21. The molecule has 0 saturated carbocycles. The topological polar surface area (TPSA) is 123 Å². The lowest BCUT2D eigenvalue weighted by Crippen LogP contribution is -2.46. The number of hydrogen-bond donors (Lipinski definition) is 3. The molecule has 0 saturated heterocycles. The Balaban J connectivity index is 1.67. The minimum Gasteiger partial charge on any atom is -0.394 e. The number of aromatic nitrogens is 3. The van der Waals surface area contributed by atoms with Crippen LogP contribution in [0.3, 0.4) is 0 Å². The van der Waals surface area contributed by atoms with Crippen molar-refractivity contribution in [3.8, 4) is 17.1 Å². The number of aliphatic hydroxyl groups excluding tert-OH is 1. The fourth-order valence-electron chi connectivity index (χ4n) is 3.81. The van der Waals surface area contributed by atoms with Gasteiger partial charge in [0.1, 0.15) is 11.7 Å². The van der Waals surface area contributed by atoms with E-state index in [9.17, 15) is 9.59 Å². The number of carbonyl (C=O) groups excluding carboxylic acids is 2. The molecule has 1 unspecified atom stereocenters. The van der Waals surface area contributed by atoms with E-state index in [1.165, 1.54) is 5.56 Å². The van der Waals surface area contributed by atoms with Crippen LogP contribution in [0, 0.1) is 0 Å². The minimum atomic E-state index is -1.04. The summed E-state index contributed by atoms with van der Waals surface area (Å²) in [6, 6.07) is 15.3. The number of nitrogens with zero attached hydrogens (tertiary/aromatic N) is 3. The molecule has 3 rings (SSSR count). The van der Waals surface area contributed by atoms with Crippen molar-refractivity contribution in [2.75, 3.05) is 6.61 Å². The number of nitrogens with two attached hydrogens (primary N) is 1. The highest BCUT2D eigenvalue weighted by atomic mass is 16.3. The number of aryl methyl sites for hydroxylation is 1. The number of aliphatic hydroxyl groups is 1. The van der Waals surface area contributed by atoms with Crippen LogP contribution in [0.5, 0.6) is 0 Å². The second-order valence-electron chi connectivity index (χ2n) is 9.71. The molecule has 1 aromatic carbocycles. The Kier molecular flexibility index (Phi) is 8.76. The number of carbonyl (C=O) groups is 2. The van der Waals surface area contributed by atoms with Gasteiger partial charge in [-0.3, -0.25) is 14.6 Å². The van der Waals surface area contributed by atoms with Gasteiger partial charge in [-0.25, -0.2) is 4.68 Å². The number of primary amides is 1. The van der Waals surface area contributed by atoms with Crippen LogP contribution < -0.4 is 11.1 Å². The first-order valence-electron chi connectivity index (χ1n) is 12.0. The van der Waals surface area contributed by atoms with Crippen molar-refractivity contribution >= 4 is 11.8 Å². The zero-order chi connectivity index (χ0) is 25.4. The Hall–Kier alpha value is -3.52. The Morgan fingerprint density at radius 2 is 1.80 bits per heavy atom. The van der Waals surface area contributed by atoms with Crippen LogP contribution in [0.15, 0.2) is 54.7 Å². The fraction of sp³-hybridized carbons (Fsp3) is 0.407. The highest BCUT2D eigenvalue weighted by molar-refractivity contribution is 5.86. The fourth-order valence-corrected chi connectivity index (χ4v) is 3.81. The van der Waals surface area contributed by atoms with Crippen molar-refractivity contribution in [3.63, 3.8) is 0 Å². The van der Waals surface area contributed by atoms with Crippen molar-refractivity contribution in [1.29, 1.82) is 0 Å². The molecular weight excluding hydrogens is 442 g/mol. The van der Waals surface area contributed by atoms with Gasteiger partial charge in [0.25, 0.3) is 0 Å². The van der Waals surface area contributed by atoms with Crippen molar-refractivity contribution in [2.24, 2.45) is 5.73 Å². The number of nitrogens with one attached hydrogen (secondary N) is 1. The summed E-state index contributed by atoms with van der Waals surface area (Å²) in [5, 5.41) is 16.4. The molecule has 0 radical (unpaired) electrons. The van der Waals surface area contributed by atoms with Gasteiger partial charge in [0.15, 0.2) is 0 Å². The van der Waals surface area contributed by atoms with E-state index in [1.807, 2.05) is 22.9 Å². The summed E-state index contributed by atoms with van der Waals surface area (Å²) in [5.41, 5.74) is 10.2. The van der Waals surface area contributed by atoms with Crippen LogP contribution in [-0.2, 0) is 21.4 Å². The van der Waals surface area contributed by atoms with E-state index in [-0.39, 0.29) is 17.7 Å². The lowest BCUT2D eigenvalue weighted by atomic mass is 9.87. The Morgan fingerprint density at radius 1 is 1.06 bits per heavy atom. The van der Waals surface area contributed by atoms with E-state index in [0.717, 1.165) is 42.0 Å². The summed E-state index contributed by atoms with van der Waals surface area (Å²) < 4.78 is 1.97. The average Bonchev–Trinajstić information content (AvgIpc) is 3.26. The number of hydrogen-bond acceptors (Lipinski definition) is 5. The van der Waals surface area contributed by atoms with Crippen LogP contribution in [-0.4, -0.2) is 44.3 Å². The molecule has 0 aliphatic rings. The van der Waals surface area contributed by atoms with Crippen LogP contribution >= 0.6 is 0 Å². The van der Waals surface area contributed by atoms with E-state index >= 15 is 0 Å². The molecule has 0 spiro atoms. The molecule has 8 heteroatoms. The first-order chi connectivity index (χ1) is 16.7. The molecular formula is C27H35N5O3. The zero-order valence-corrected chi connectivity index (χ0v) is 20.7. The number of pyridine rings is 1. The first-order valence-corrected chi connectivity index (χ1v) is 12.0. The minimum absolute atomic E-state index is 0.0749. The molecule has 0 fully saturated rings. The smallest absolute Gasteiger partial charge is 0.242 e. The van der Waals surface area contributed by atoms with Gasteiger partial charge in [-0.05, 0) is 60.6 Å². The predicted octanol–water partition coefficient (Wildman–Crippen LogP) is 3.30. The van der Waals surface area contributed by atoms with Gasteiger partial charge in [-0.1, -0.05) is 45.4 Å². The third-order valence-electron chi connectivity index (χ3n) is 5.89. The van der Waals surface area contributed by atoms with Crippen LogP contribution in [0.25, 0.3) is 17.1 Å². The highest BCUT2D eigenvalue weighted by Crippen LogP contribution is 2.25. The molecule has 1 atom stereocenters. The third kappa shape index (κ3) is 7.23. The molecule has 0 bridgehead atoms. The maximum atomic E-state index is 12.0. The van der Waals surface area contributed by atoms with Crippen molar-refractivity contribution in [3.05, 3.63) is 66.0 Å². The van der Waals surface area contributed by atoms with Crippen LogP contribution in [0.2, 0.25) is 0 Å². The number of benzene rings is 1. The summed E-state index contributed by atoms with van der Waals surface area (Å²) in [5.74, 6) is -1.03. The molecule has 3 aromatic rings. The van der Waals surface area contributed by atoms with Crippen LogP contribution in [0.4, 0.5) is 0 Å². The van der Waals surface area contributed by atoms with Gasteiger partial charge in [0.2, 0.25) is 11.8 Å². The van der Waals surface area contributed by atoms with Gasteiger partial charge in [-0.2, -0.15) is 5.10 Å². The van der Waals surface area contributed by atoms with E-state index in [2.05, 4.69) is 61.4 Å². The largest absolute Gasteiger partial charge is 0.394 e. The molecule has 8 nitrogen and oxygen atoms in total. The number of rotatable bonds is 11. The summed E-state index contributed by atoms with van der Waals surface area (Å²) in [6.45, 7) is 6.08. The highest BCUT2D eigenvalue weighted by Gasteiger charge is 2.17. The molecule has 0 aliphatic carbocycles. The molecule has 2 heterocycles. The maximum absolute atomic E-state index is 12.0. The SMILES string of the molecule is CC(C)(C)c1ccc(-n2nc(-c3ccccn3)cc2CCCCCC(=O)NC(CO)C(N)=O)cc1. The number of unbranched alkanes of at least 4 members (excludes halogenated alkanes) is 2. The predicted molar refractivity (Wildman–Crippen MR) is 136 cm³/mol. The molecule has 4 N–H and O–H groups in total. The standard InChI is InChI=1S/C27H35N5O3/c1-27(2,3)19-12-14-20(15-13-19)32-21(17-23(31-32)22-10-7-8-16-29-22)9-5-4-6-11-25(34)30-24(18-33)26(28)35/h7-8,10,12-17,24,33H,4-6,9,11,18H2,1-3H3,(H2,28,35)(H,30,34). The Labute approximate surface area is 206 Å². The zero-order valence-electron chi connectivity index (χ0n) is 20.7. The number of amides is 2. The summed E-state index contributed by atoms with van der Waals surface area (Å²) in [7, 11) is 0. The Morgan fingerprint density at radius 3 is 2.40 bits per heavy atom. The molecule has 35 heavy (non-hydrogen) atoms. The second kappa shape index (κ2) is 11.8. The van der Waals surface area contributed by atoms with Gasteiger partial charge in [0, 0.05) is 18.3 Å². The lowest BCUT2D eigenvalue weighted by Gasteiger charge is -2.19. The summed E-state index contributed by atoms with van der Waals surface area (Å²) >= 11 is 0. The monoisotopic (exact) mass is 477 g/mol. The van der Waals surface area contributed by atoms with E-state index < -0.39 is 18.6 Å². The van der Waals surface area contributed by atoms with Crippen LogP contribution in [0.1, 0.15) is 57.7 Å². The van der Waals surface area contributed by atoms with Crippen molar-refractivity contribution in [1.82, 2.24) is 20.1 Å². The van der Waals surface area contributed by atoms with Gasteiger partial charge in [-0.15, -0.1) is 0 Å².